The molecule has 2 aromatic carbocycles. The highest BCUT2D eigenvalue weighted by atomic mass is 19.4. The predicted octanol–water partition coefficient (Wildman–Crippen LogP) is 1.50. The fourth-order valence-corrected chi connectivity index (χ4v) is 3.51. The lowest BCUT2D eigenvalue weighted by molar-refractivity contribution is -0.274. The van der Waals surface area contributed by atoms with Crippen LogP contribution in [0.15, 0.2) is 54.6 Å². The molecule has 0 spiro atoms. The molecule has 2 aromatic rings. The number of alkyl halides is 3. The van der Waals surface area contributed by atoms with Crippen molar-refractivity contribution in [3.63, 3.8) is 0 Å². The molecule has 32 heavy (non-hydrogen) atoms. The van der Waals surface area contributed by atoms with Gasteiger partial charge in [0.2, 0.25) is 5.91 Å². The number of rotatable bonds is 5. The van der Waals surface area contributed by atoms with E-state index in [1.807, 2.05) is 35.2 Å². The van der Waals surface area contributed by atoms with E-state index in [0.717, 1.165) is 22.8 Å². The smallest absolute Gasteiger partial charge is 0.406 e. The number of carbonyl (C=O) groups is 3. The summed E-state index contributed by atoms with van der Waals surface area (Å²) in [7, 11) is 0. The van der Waals surface area contributed by atoms with Gasteiger partial charge in [-0.1, -0.05) is 18.2 Å². The van der Waals surface area contributed by atoms with Crippen molar-refractivity contribution in [2.24, 2.45) is 0 Å². The minimum absolute atomic E-state index is 0.203. The Morgan fingerprint density at radius 1 is 1.00 bits per heavy atom. The summed E-state index contributed by atoms with van der Waals surface area (Å²) in [4.78, 5) is 40.6. The molecule has 0 radical (unpaired) electrons. The number of hydrazine groups is 1. The number of hydrogen-bond acceptors (Lipinski definition) is 6. The predicted molar refractivity (Wildman–Crippen MR) is 106 cm³/mol. The second-order valence-corrected chi connectivity index (χ2v) is 7.04. The van der Waals surface area contributed by atoms with Crippen LogP contribution in [0.2, 0.25) is 0 Å². The van der Waals surface area contributed by atoms with Crippen LogP contribution in [0, 0.1) is 0 Å². The molecule has 9 nitrogen and oxygen atoms in total. The highest BCUT2D eigenvalue weighted by Crippen LogP contribution is 2.26. The first kappa shape index (κ1) is 21.4. The van der Waals surface area contributed by atoms with Crippen molar-refractivity contribution < 1.29 is 32.3 Å². The number of nitrogens with zero attached hydrogens (tertiary/aromatic N) is 3. The Morgan fingerprint density at radius 3 is 2.31 bits per heavy atom. The number of hydrogen-bond donors (Lipinski definition) is 2. The molecule has 0 bridgehead atoms. The first-order valence-corrected chi connectivity index (χ1v) is 9.57. The third-order valence-corrected chi connectivity index (χ3v) is 4.89. The fraction of sp³-hybridized carbons (Fsp3) is 0.250. The Balaban J connectivity index is 1.40. The first-order valence-electron chi connectivity index (χ1n) is 9.57. The molecule has 2 aliphatic rings. The number of fused-ring (bicyclic) bond motifs is 1. The van der Waals surface area contributed by atoms with Crippen LogP contribution in [-0.2, 0) is 14.4 Å². The Bertz CT molecular complexity index is 1020. The van der Waals surface area contributed by atoms with Crippen molar-refractivity contribution in [1.82, 2.24) is 15.3 Å². The average Bonchev–Trinajstić information content (AvgIpc) is 3.17. The summed E-state index contributed by atoms with van der Waals surface area (Å²) in [6.07, 6.45) is -5.45. The lowest BCUT2D eigenvalue weighted by Gasteiger charge is -2.40. The second-order valence-electron chi connectivity index (χ2n) is 7.04. The number of nitrogens with one attached hydrogen (secondary N) is 2. The molecule has 4 rings (SSSR count). The summed E-state index contributed by atoms with van der Waals surface area (Å²) in [6.45, 7) is 0.384. The fourth-order valence-electron chi connectivity index (χ4n) is 3.51. The number of anilines is 2. The van der Waals surface area contributed by atoms with Gasteiger partial charge in [-0.05, 0) is 36.4 Å². The third-order valence-electron chi connectivity index (χ3n) is 4.89. The van der Waals surface area contributed by atoms with E-state index in [1.54, 1.807) is 0 Å². The van der Waals surface area contributed by atoms with E-state index in [0.29, 0.717) is 13.1 Å². The first-order chi connectivity index (χ1) is 15.2. The van der Waals surface area contributed by atoms with Gasteiger partial charge in [-0.15, -0.1) is 13.2 Å². The number of carbonyl (C=O) groups excluding carboxylic acids is 3. The quantitative estimate of drug-likeness (QED) is 0.673. The maximum absolute atomic E-state index is 12.5. The van der Waals surface area contributed by atoms with Gasteiger partial charge in [-0.3, -0.25) is 24.3 Å². The van der Waals surface area contributed by atoms with Gasteiger partial charge in [0.1, 0.15) is 12.3 Å². The molecule has 2 aliphatic heterocycles. The largest absolute Gasteiger partial charge is 0.573 e. The lowest BCUT2D eigenvalue weighted by Crippen LogP contribution is -2.68. The highest BCUT2D eigenvalue weighted by Gasteiger charge is 2.45. The van der Waals surface area contributed by atoms with E-state index >= 15 is 0 Å². The van der Waals surface area contributed by atoms with Crippen molar-refractivity contribution >= 4 is 29.1 Å². The molecule has 168 valence electrons. The molecule has 12 heteroatoms. The van der Waals surface area contributed by atoms with E-state index in [-0.39, 0.29) is 5.69 Å². The van der Waals surface area contributed by atoms with Gasteiger partial charge in [0, 0.05) is 24.5 Å². The van der Waals surface area contributed by atoms with Crippen molar-refractivity contribution in [1.29, 1.82) is 0 Å². The summed E-state index contributed by atoms with van der Waals surface area (Å²) in [6, 6.07) is 13.9. The van der Waals surface area contributed by atoms with Crippen molar-refractivity contribution in [3.8, 4) is 5.75 Å². The Morgan fingerprint density at radius 2 is 1.66 bits per heavy atom. The standard InChI is InChI=1S/C20H18F3N5O4/c21-20(22,23)32-15-8-6-13(7-9-15)24-16(29)12-28-18(31)17(30)27-11-10-26(19(27)25-28)14-4-2-1-3-5-14/h1-9,19,25H,10-12H2,(H,24,29). The Labute approximate surface area is 180 Å². The highest BCUT2D eigenvalue weighted by molar-refractivity contribution is 6.35. The average molecular weight is 449 g/mol. The van der Waals surface area contributed by atoms with Gasteiger partial charge in [0.15, 0.2) is 6.29 Å². The van der Waals surface area contributed by atoms with Crippen molar-refractivity contribution in [2.75, 3.05) is 29.9 Å². The molecule has 1 atom stereocenters. The Kier molecular flexibility index (Phi) is 5.61. The molecule has 2 N–H and O–H groups in total. The second kappa shape index (κ2) is 8.38. The molecular weight excluding hydrogens is 431 g/mol. The molecule has 2 heterocycles. The van der Waals surface area contributed by atoms with Gasteiger partial charge in [0.25, 0.3) is 0 Å². The molecule has 1 unspecified atom stereocenters. The molecule has 0 aromatic heterocycles. The minimum atomic E-state index is -4.82. The van der Waals surface area contributed by atoms with Crippen LogP contribution < -0.4 is 20.4 Å². The summed E-state index contributed by atoms with van der Waals surface area (Å²) in [5, 5.41) is 3.40. The summed E-state index contributed by atoms with van der Waals surface area (Å²) in [5.74, 6) is -2.67. The van der Waals surface area contributed by atoms with E-state index < -0.39 is 42.7 Å². The van der Waals surface area contributed by atoms with Crippen molar-refractivity contribution in [2.45, 2.75) is 12.7 Å². The lowest BCUT2D eigenvalue weighted by atomic mass is 10.3. The monoisotopic (exact) mass is 449 g/mol. The van der Waals surface area contributed by atoms with E-state index in [9.17, 15) is 27.6 Å². The number of halogens is 3. The van der Waals surface area contributed by atoms with E-state index in [1.165, 1.54) is 17.0 Å². The van der Waals surface area contributed by atoms with Gasteiger partial charge in [0.05, 0.1) is 0 Å². The number of benzene rings is 2. The van der Waals surface area contributed by atoms with E-state index in [4.69, 9.17) is 0 Å². The maximum Gasteiger partial charge on any atom is 0.573 e. The number of para-hydroxylation sites is 1. The number of ether oxygens (including phenoxy) is 1. The molecular formula is C20H18F3N5O4. The van der Waals surface area contributed by atoms with Gasteiger partial charge in [-0.25, -0.2) is 0 Å². The van der Waals surface area contributed by atoms with E-state index in [2.05, 4.69) is 15.5 Å². The van der Waals surface area contributed by atoms with Crippen LogP contribution in [0.1, 0.15) is 0 Å². The molecule has 3 amide bonds. The van der Waals surface area contributed by atoms with Crippen molar-refractivity contribution in [3.05, 3.63) is 54.6 Å². The molecule has 2 fully saturated rings. The maximum atomic E-state index is 12.5. The molecule has 0 aliphatic carbocycles. The van der Waals surface area contributed by atoms with Crippen LogP contribution in [-0.4, -0.2) is 59.9 Å². The van der Waals surface area contributed by atoms with Gasteiger partial charge < -0.3 is 15.0 Å². The molecule has 2 saturated heterocycles. The van der Waals surface area contributed by atoms with Crippen LogP contribution in [0.4, 0.5) is 24.5 Å². The summed E-state index contributed by atoms with van der Waals surface area (Å²) >= 11 is 0. The van der Waals surface area contributed by atoms with Crippen LogP contribution in [0.25, 0.3) is 0 Å². The van der Waals surface area contributed by atoms with Crippen LogP contribution >= 0.6 is 0 Å². The van der Waals surface area contributed by atoms with Crippen LogP contribution in [0.5, 0.6) is 5.75 Å². The molecule has 0 saturated carbocycles. The topological polar surface area (TPSA) is 94.2 Å². The Hall–Kier alpha value is -3.80. The summed E-state index contributed by atoms with van der Waals surface area (Å²) < 4.78 is 40.5. The van der Waals surface area contributed by atoms with Gasteiger partial charge in [-0.2, -0.15) is 5.43 Å². The third kappa shape index (κ3) is 4.59. The van der Waals surface area contributed by atoms with Crippen LogP contribution in [0.3, 0.4) is 0 Å². The zero-order valence-electron chi connectivity index (χ0n) is 16.5. The number of amides is 3. The zero-order chi connectivity index (χ0) is 22.9. The zero-order valence-corrected chi connectivity index (χ0v) is 16.5. The minimum Gasteiger partial charge on any atom is -0.406 e. The SMILES string of the molecule is O=C(CN1NC2N(CCN2c2ccccc2)C(=O)C1=O)Nc1ccc(OC(F)(F)F)cc1. The van der Waals surface area contributed by atoms with Gasteiger partial charge >= 0.3 is 18.2 Å². The summed E-state index contributed by atoms with van der Waals surface area (Å²) in [5.41, 5.74) is 3.95. The normalized spacial score (nSPS) is 18.6.